The van der Waals surface area contributed by atoms with Gasteiger partial charge in [-0.15, -0.1) is 0 Å². The van der Waals surface area contributed by atoms with Crippen molar-refractivity contribution in [2.45, 2.75) is 19.5 Å². The van der Waals surface area contributed by atoms with Gasteiger partial charge in [-0.2, -0.15) is 4.98 Å². The molecule has 0 saturated carbocycles. The van der Waals surface area contributed by atoms with Crippen molar-refractivity contribution in [2.75, 3.05) is 6.61 Å². The molecule has 20 heavy (non-hydrogen) atoms. The Labute approximate surface area is 116 Å². The van der Waals surface area contributed by atoms with E-state index in [-0.39, 0.29) is 13.2 Å². The number of benzene rings is 1. The van der Waals surface area contributed by atoms with Gasteiger partial charge in [0.15, 0.2) is 5.82 Å². The first-order valence-electron chi connectivity index (χ1n) is 6.18. The van der Waals surface area contributed by atoms with E-state index in [1.165, 1.54) is 0 Å². The predicted octanol–water partition coefficient (Wildman–Crippen LogP) is 0.911. The molecule has 2 amide bonds. The zero-order chi connectivity index (χ0) is 14.4. The van der Waals surface area contributed by atoms with E-state index in [2.05, 4.69) is 20.8 Å². The highest BCUT2D eigenvalue weighted by Crippen LogP contribution is 2.11. The molecule has 0 saturated heterocycles. The number of rotatable bonds is 5. The van der Waals surface area contributed by atoms with Crippen molar-refractivity contribution >= 4 is 6.03 Å². The van der Waals surface area contributed by atoms with Gasteiger partial charge >= 0.3 is 6.03 Å². The molecular weight excluding hydrogens is 260 g/mol. The van der Waals surface area contributed by atoms with Gasteiger partial charge in [-0.3, -0.25) is 0 Å². The van der Waals surface area contributed by atoms with Crippen LogP contribution >= 0.6 is 0 Å². The molecule has 7 nitrogen and oxygen atoms in total. The Morgan fingerprint density at radius 1 is 1.40 bits per heavy atom. The summed E-state index contributed by atoms with van der Waals surface area (Å²) in [5.74, 6) is 0.845. The van der Waals surface area contributed by atoms with Gasteiger partial charge in [0.2, 0.25) is 5.89 Å². The van der Waals surface area contributed by atoms with E-state index in [1.807, 2.05) is 30.3 Å². The zero-order valence-electron chi connectivity index (χ0n) is 11.0. The summed E-state index contributed by atoms with van der Waals surface area (Å²) in [5.41, 5.74) is 0.834. The number of urea groups is 1. The number of hydrogen-bond donors (Lipinski definition) is 3. The molecule has 1 aromatic carbocycles. The van der Waals surface area contributed by atoms with Crippen LogP contribution in [0.25, 0.3) is 0 Å². The topological polar surface area (TPSA) is 100 Å². The summed E-state index contributed by atoms with van der Waals surface area (Å²) in [6, 6.07) is 8.38. The summed E-state index contributed by atoms with van der Waals surface area (Å²) in [6.45, 7) is 1.66. The number of amides is 2. The van der Waals surface area contributed by atoms with Gasteiger partial charge in [0.25, 0.3) is 0 Å². The molecule has 0 spiro atoms. The van der Waals surface area contributed by atoms with E-state index in [9.17, 15) is 9.90 Å². The van der Waals surface area contributed by atoms with Crippen molar-refractivity contribution in [3.05, 3.63) is 47.6 Å². The minimum atomic E-state index is -0.455. The minimum absolute atomic E-state index is 0.163. The maximum atomic E-state index is 11.7. The molecule has 1 atom stereocenters. The number of carbonyl (C=O) groups is 1. The molecule has 1 heterocycles. The second kappa shape index (κ2) is 6.67. The van der Waals surface area contributed by atoms with Crippen LogP contribution in [0, 0.1) is 6.92 Å². The zero-order valence-corrected chi connectivity index (χ0v) is 11.0. The Bertz CT molecular complexity index is 556. The molecular formula is C13H16N4O3. The number of aliphatic hydroxyl groups is 1. The Balaban J connectivity index is 1.86. The Morgan fingerprint density at radius 3 is 2.75 bits per heavy atom. The third-order valence-corrected chi connectivity index (χ3v) is 2.67. The van der Waals surface area contributed by atoms with Gasteiger partial charge in [0, 0.05) is 6.92 Å². The molecule has 3 N–H and O–H groups in total. The molecule has 1 aromatic heterocycles. The first-order chi connectivity index (χ1) is 9.69. The van der Waals surface area contributed by atoms with Crippen molar-refractivity contribution in [3.63, 3.8) is 0 Å². The highest BCUT2D eigenvalue weighted by molar-refractivity contribution is 5.74. The van der Waals surface area contributed by atoms with Crippen molar-refractivity contribution in [2.24, 2.45) is 0 Å². The van der Waals surface area contributed by atoms with Crippen LogP contribution in [0.1, 0.15) is 23.3 Å². The average Bonchev–Trinajstić information content (AvgIpc) is 2.89. The molecule has 1 unspecified atom stereocenters. The lowest BCUT2D eigenvalue weighted by molar-refractivity contribution is 0.216. The van der Waals surface area contributed by atoms with E-state index in [0.717, 1.165) is 5.56 Å². The largest absolute Gasteiger partial charge is 0.394 e. The van der Waals surface area contributed by atoms with Crippen LogP contribution in [0.15, 0.2) is 34.9 Å². The number of carbonyl (C=O) groups excluding carboxylic acids is 1. The number of hydrogen-bond acceptors (Lipinski definition) is 5. The second-order valence-electron chi connectivity index (χ2n) is 4.20. The molecule has 7 heteroatoms. The lowest BCUT2D eigenvalue weighted by Gasteiger charge is -2.16. The van der Waals surface area contributed by atoms with Crippen molar-refractivity contribution < 1.29 is 14.4 Å². The first-order valence-corrected chi connectivity index (χ1v) is 6.18. The summed E-state index contributed by atoms with van der Waals surface area (Å²) in [4.78, 5) is 15.7. The van der Waals surface area contributed by atoms with Gasteiger partial charge in [0.05, 0.1) is 19.2 Å². The summed E-state index contributed by atoms with van der Waals surface area (Å²) >= 11 is 0. The Morgan fingerprint density at radius 2 is 2.15 bits per heavy atom. The molecule has 2 aromatic rings. The summed E-state index contributed by atoms with van der Waals surface area (Å²) in [6.07, 6.45) is 0. The highest BCUT2D eigenvalue weighted by atomic mass is 16.5. The van der Waals surface area contributed by atoms with Gasteiger partial charge in [-0.25, -0.2) is 4.79 Å². The van der Waals surface area contributed by atoms with Crippen molar-refractivity contribution in [1.29, 1.82) is 0 Å². The lowest BCUT2D eigenvalue weighted by Crippen LogP contribution is -2.39. The fourth-order valence-electron chi connectivity index (χ4n) is 1.70. The first kappa shape index (κ1) is 14.0. The smallest absolute Gasteiger partial charge is 0.315 e. The van der Waals surface area contributed by atoms with Crippen LogP contribution in [-0.2, 0) is 6.54 Å². The molecule has 0 fully saturated rings. The van der Waals surface area contributed by atoms with Crippen LogP contribution < -0.4 is 10.6 Å². The quantitative estimate of drug-likeness (QED) is 0.753. The molecule has 0 aliphatic rings. The van der Waals surface area contributed by atoms with Crippen molar-refractivity contribution in [1.82, 2.24) is 20.8 Å². The number of nitrogens with zero attached hydrogens (tertiary/aromatic N) is 2. The fraction of sp³-hybridized carbons (Fsp3) is 0.308. The average molecular weight is 276 g/mol. The van der Waals surface area contributed by atoms with Crippen molar-refractivity contribution in [3.8, 4) is 0 Å². The lowest BCUT2D eigenvalue weighted by atomic mass is 10.1. The minimum Gasteiger partial charge on any atom is -0.394 e. The van der Waals surface area contributed by atoms with Gasteiger partial charge in [0.1, 0.15) is 0 Å². The summed E-state index contributed by atoms with van der Waals surface area (Å²) in [7, 11) is 0. The molecule has 0 aliphatic heterocycles. The SMILES string of the molecule is Cc1nc(CNC(=O)NC(CO)c2ccccc2)no1. The summed E-state index contributed by atoms with van der Waals surface area (Å²) in [5, 5.41) is 18.3. The third-order valence-electron chi connectivity index (χ3n) is 2.67. The molecule has 0 aliphatic carbocycles. The van der Waals surface area contributed by atoms with Crippen LogP contribution in [0.4, 0.5) is 4.79 Å². The maximum Gasteiger partial charge on any atom is 0.315 e. The molecule has 2 rings (SSSR count). The van der Waals surface area contributed by atoms with Crippen LogP contribution in [-0.4, -0.2) is 27.9 Å². The Hall–Kier alpha value is -2.41. The normalized spacial score (nSPS) is 11.9. The van der Waals surface area contributed by atoms with E-state index < -0.39 is 12.1 Å². The summed E-state index contributed by atoms with van der Waals surface area (Å²) < 4.78 is 4.80. The van der Waals surface area contributed by atoms with Gasteiger partial charge in [-0.05, 0) is 5.56 Å². The molecule has 0 radical (unpaired) electrons. The van der Waals surface area contributed by atoms with E-state index in [0.29, 0.717) is 11.7 Å². The molecule has 0 bridgehead atoms. The maximum absolute atomic E-state index is 11.7. The monoisotopic (exact) mass is 276 g/mol. The van der Waals surface area contributed by atoms with Crippen LogP contribution in [0.5, 0.6) is 0 Å². The standard InChI is InChI=1S/C13H16N4O3/c1-9-15-12(17-20-9)7-14-13(19)16-11(8-18)10-5-3-2-4-6-10/h2-6,11,18H,7-8H2,1H3,(H2,14,16,19). The predicted molar refractivity (Wildman–Crippen MR) is 70.7 cm³/mol. The number of aromatic nitrogens is 2. The fourth-order valence-corrected chi connectivity index (χ4v) is 1.70. The molecule has 106 valence electrons. The van der Waals surface area contributed by atoms with Gasteiger partial charge < -0.3 is 20.3 Å². The Kier molecular flexibility index (Phi) is 4.67. The van der Waals surface area contributed by atoms with Gasteiger partial charge in [-0.1, -0.05) is 35.5 Å². The number of aryl methyl sites for hydroxylation is 1. The van der Waals surface area contributed by atoms with Crippen LogP contribution in [0.2, 0.25) is 0 Å². The highest BCUT2D eigenvalue weighted by Gasteiger charge is 2.13. The third kappa shape index (κ3) is 3.79. The van der Waals surface area contributed by atoms with E-state index in [1.54, 1.807) is 6.92 Å². The number of aliphatic hydroxyl groups excluding tert-OH is 1. The van der Waals surface area contributed by atoms with E-state index in [4.69, 9.17) is 4.52 Å². The van der Waals surface area contributed by atoms with E-state index >= 15 is 0 Å². The number of nitrogens with one attached hydrogen (secondary N) is 2. The van der Waals surface area contributed by atoms with Crippen LogP contribution in [0.3, 0.4) is 0 Å². The second-order valence-corrected chi connectivity index (χ2v) is 4.20.